The second kappa shape index (κ2) is 4.88. The molecular weight excluding hydrogens is 230 g/mol. The smallest absolute Gasteiger partial charge is 0.224 e. The molecule has 0 spiro atoms. The normalized spacial score (nSPS) is 11.9. The Labute approximate surface area is 108 Å². The summed E-state index contributed by atoms with van der Waals surface area (Å²) in [6, 6.07) is 0. The number of nitrogens with zero attached hydrogens (tertiary/aromatic N) is 2. The van der Waals surface area contributed by atoms with Crippen LogP contribution in [0.1, 0.15) is 39.3 Å². The van der Waals surface area contributed by atoms with Gasteiger partial charge in [0.2, 0.25) is 5.91 Å². The number of hydrogen-bond acceptors (Lipinski definition) is 4. The molecule has 102 valence electrons. The minimum Gasteiger partial charge on any atom is -0.394 e. The van der Waals surface area contributed by atoms with E-state index in [0.29, 0.717) is 12.2 Å². The van der Waals surface area contributed by atoms with Crippen LogP contribution in [0.5, 0.6) is 0 Å². The van der Waals surface area contributed by atoms with Crippen LogP contribution in [0.3, 0.4) is 0 Å². The first-order valence-corrected chi connectivity index (χ1v) is 6.03. The number of rotatable bonds is 5. The van der Waals surface area contributed by atoms with Gasteiger partial charge in [0.05, 0.1) is 16.8 Å². The van der Waals surface area contributed by atoms with Crippen molar-refractivity contribution in [3.63, 3.8) is 0 Å². The van der Waals surface area contributed by atoms with Crippen LogP contribution in [0.4, 0.5) is 11.5 Å². The molecule has 6 nitrogen and oxygen atoms in total. The number of hydrogen-bond donors (Lipinski definition) is 3. The van der Waals surface area contributed by atoms with Crippen molar-refractivity contribution in [1.82, 2.24) is 9.78 Å². The minimum absolute atomic E-state index is 0.260. The Hall–Kier alpha value is -1.72. The van der Waals surface area contributed by atoms with Crippen LogP contribution < -0.4 is 16.8 Å². The molecule has 1 heterocycles. The minimum atomic E-state index is -0.630. The molecule has 18 heavy (non-hydrogen) atoms. The standard InChI is InChI=1S/C12H23N5O/c1-7(2)9-8(13)10(17(5)16-9)15-6-12(3,4)11(14)18/h7,15H,6,13H2,1-5H3,(H2,14,18). The maximum atomic E-state index is 11.3. The van der Waals surface area contributed by atoms with Crippen molar-refractivity contribution in [2.24, 2.45) is 18.2 Å². The van der Waals surface area contributed by atoms with E-state index in [1.807, 2.05) is 20.9 Å². The number of aromatic nitrogens is 2. The van der Waals surface area contributed by atoms with E-state index in [0.717, 1.165) is 11.5 Å². The van der Waals surface area contributed by atoms with Crippen molar-refractivity contribution < 1.29 is 4.79 Å². The molecule has 0 atom stereocenters. The second-order valence-corrected chi connectivity index (χ2v) is 5.53. The highest BCUT2D eigenvalue weighted by molar-refractivity contribution is 5.80. The number of carbonyl (C=O) groups is 1. The molecule has 1 aromatic rings. The van der Waals surface area contributed by atoms with Gasteiger partial charge in [-0.2, -0.15) is 5.10 Å². The van der Waals surface area contributed by atoms with E-state index in [-0.39, 0.29) is 11.8 Å². The van der Waals surface area contributed by atoms with E-state index in [1.54, 1.807) is 18.5 Å². The third-order valence-corrected chi connectivity index (χ3v) is 3.02. The van der Waals surface area contributed by atoms with Gasteiger partial charge in [-0.15, -0.1) is 0 Å². The summed E-state index contributed by atoms with van der Waals surface area (Å²) >= 11 is 0. The first-order valence-electron chi connectivity index (χ1n) is 6.03. The van der Waals surface area contributed by atoms with Gasteiger partial charge in [0.1, 0.15) is 5.82 Å². The van der Waals surface area contributed by atoms with Crippen molar-refractivity contribution in [1.29, 1.82) is 0 Å². The summed E-state index contributed by atoms with van der Waals surface area (Å²) in [5.41, 5.74) is 12.2. The van der Waals surface area contributed by atoms with Crippen molar-refractivity contribution in [2.45, 2.75) is 33.6 Å². The maximum absolute atomic E-state index is 11.3. The number of amides is 1. The van der Waals surface area contributed by atoms with Gasteiger partial charge < -0.3 is 16.8 Å². The van der Waals surface area contributed by atoms with Gasteiger partial charge in [0.15, 0.2) is 0 Å². The predicted molar refractivity (Wildman–Crippen MR) is 73.2 cm³/mol. The lowest BCUT2D eigenvalue weighted by molar-refractivity contribution is -0.125. The number of primary amides is 1. The quantitative estimate of drug-likeness (QED) is 0.730. The number of carbonyl (C=O) groups excluding carboxylic acids is 1. The third kappa shape index (κ3) is 2.75. The molecular formula is C12H23N5O. The number of nitrogens with two attached hydrogens (primary N) is 2. The molecule has 0 aliphatic heterocycles. The first kappa shape index (κ1) is 14.3. The van der Waals surface area contributed by atoms with E-state index < -0.39 is 5.41 Å². The summed E-state index contributed by atoms with van der Waals surface area (Å²) in [5.74, 6) is 0.642. The fraction of sp³-hybridized carbons (Fsp3) is 0.667. The molecule has 0 unspecified atom stereocenters. The molecule has 0 saturated heterocycles. The Morgan fingerprint density at radius 1 is 1.50 bits per heavy atom. The highest BCUT2D eigenvalue weighted by Crippen LogP contribution is 2.28. The summed E-state index contributed by atoms with van der Waals surface area (Å²) in [6.07, 6.45) is 0. The number of nitrogens with one attached hydrogen (secondary N) is 1. The van der Waals surface area contributed by atoms with Gasteiger partial charge in [0, 0.05) is 13.6 Å². The number of aryl methyl sites for hydroxylation is 1. The van der Waals surface area contributed by atoms with Crippen LogP contribution in [-0.4, -0.2) is 22.2 Å². The van der Waals surface area contributed by atoms with Gasteiger partial charge in [0.25, 0.3) is 0 Å². The Kier molecular flexibility index (Phi) is 3.88. The molecule has 1 rings (SSSR count). The Balaban J connectivity index is 2.90. The van der Waals surface area contributed by atoms with Crippen LogP contribution in [0.15, 0.2) is 0 Å². The monoisotopic (exact) mass is 253 g/mol. The first-order chi connectivity index (χ1) is 8.16. The van der Waals surface area contributed by atoms with Crippen molar-refractivity contribution >= 4 is 17.4 Å². The Morgan fingerprint density at radius 2 is 2.06 bits per heavy atom. The van der Waals surface area contributed by atoms with Gasteiger partial charge in [-0.25, -0.2) is 0 Å². The highest BCUT2D eigenvalue weighted by atomic mass is 16.1. The fourth-order valence-corrected chi connectivity index (χ4v) is 1.59. The molecule has 0 aliphatic carbocycles. The summed E-state index contributed by atoms with van der Waals surface area (Å²) in [6.45, 7) is 8.08. The Bertz CT molecular complexity index is 448. The number of anilines is 2. The lowest BCUT2D eigenvalue weighted by atomic mass is 9.93. The topological polar surface area (TPSA) is 99.0 Å². The van der Waals surface area contributed by atoms with Crippen molar-refractivity contribution in [3.05, 3.63) is 5.69 Å². The van der Waals surface area contributed by atoms with E-state index in [2.05, 4.69) is 10.4 Å². The molecule has 0 aliphatic rings. The van der Waals surface area contributed by atoms with Gasteiger partial charge in [-0.1, -0.05) is 13.8 Å². The van der Waals surface area contributed by atoms with Gasteiger partial charge in [-0.3, -0.25) is 9.48 Å². The second-order valence-electron chi connectivity index (χ2n) is 5.53. The van der Waals surface area contributed by atoms with Crippen LogP contribution in [0, 0.1) is 5.41 Å². The molecule has 0 fully saturated rings. The van der Waals surface area contributed by atoms with Crippen molar-refractivity contribution in [3.8, 4) is 0 Å². The molecule has 1 amide bonds. The molecule has 0 radical (unpaired) electrons. The van der Waals surface area contributed by atoms with E-state index in [9.17, 15) is 4.79 Å². The van der Waals surface area contributed by atoms with E-state index >= 15 is 0 Å². The molecule has 0 saturated carbocycles. The van der Waals surface area contributed by atoms with E-state index in [4.69, 9.17) is 11.5 Å². The zero-order valence-electron chi connectivity index (χ0n) is 11.7. The lowest BCUT2D eigenvalue weighted by Crippen LogP contribution is -2.37. The maximum Gasteiger partial charge on any atom is 0.224 e. The largest absolute Gasteiger partial charge is 0.394 e. The highest BCUT2D eigenvalue weighted by Gasteiger charge is 2.26. The van der Waals surface area contributed by atoms with Gasteiger partial charge in [-0.05, 0) is 19.8 Å². The average molecular weight is 253 g/mol. The third-order valence-electron chi connectivity index (χ3n) is 3.02. The van der Waals surface area contributed by atoms with Crippen LogP contribution in [0.2, 0.25) is 0 Å². The van der Waals surface area contributed by atoms with Gasteiger partial charge >= 0.3 is 0 Å². The average Bonchev–Trinajstić information content (AvgIpc) is 2.52. The fourth-order valence-electron chi connectivity index (χ4n) is 1.59. The summed E-state index contributed by atoms with van der Waals surface area (Å²) in [5, 5.41) is 7.52. The molecule has 0 aromatic carbocycles. The van der Waals surface area contributed by atoms with Crippen LogP contribution >= 0.6 is 0 Å². The zero-order chi connectivity index (χ0) is 14.1. The van der Waals surface area contributed by atoms with Crippen LogP contribution in [-0.2, 0) is 11.8 Å². The van der Waals surface area contributed by atoms with Crippen molar-refractivity contribution in [2.75, 3.05) is 17.6 Å². The SMILES string of the molecule is CC(C)c1nn(C)c(NCC(C)(C)C(N)=O)c1N. The summed E-state index contributed by atoms with van der Waals surface area (Å²) in [4.78, 5) is 11.3. The Morgan fingerprint density at radius 3 is 2.44 bits per heavy atom. The molecule has 5 N–H and O–H groups in total. The summed E-state index contributed by atoms with van der Waals surface area (Å²) in [7, 11) is 1.82. The molecule has 6 heteroatoms. The lowest BCUT2D eigenvalue weighted by Gasteiger charge is -2.21. The molecule has 0 bridgehead atoms. The zero-order valence-corrected chi connectivity index (χ0v) is 11.7. The summed E-state index contributed by atoms with van der Waals surface area (Å²) < 4.78 is 1.70. The number of nitrogen functional groups attached to an aromatic ring is 1. The van der Waals surface area contributed by atoms with Crippen LogP contribution in [0.25, 0.3) is 0 Å². The van der Waals surface area contributed by atoms with E-state index in [1.165, 1.54) is 0 Å². The predicted octanol–water partition coefficient (Wildman–Crippen LogP) is 1.05. The molecule has 1 aromatic heterocycles.